The third-order valence-corrected chi connectivity index (χ3v) is 2.79. The highest BCUT2D eigenvalue weighted by molar-refractivity contribution is 5.87. The maximum absolute atomic E-state index is 11.6. The predicted molar refractivity (Wildman–Crippen MR) is 56.6 cm³/mol. The van der Waals surface area contributed by atoms with Gasteiger partial charge in [0.25, 0.3) is 0 Å². The van der Waals surface area contributed by atoms with Crippen LogP contribution in [-0.4, -0.2) is 22.3 Å². The number of hydrogen-bond acceptors (Lipinski definition) is 3. The van der Waals surface area contributed by atoms with Gasteiger partial charge in [-0.15, -0.1) is 0 Å². The first-order chi connectivity index (χ1) is 7.36. The number of nitrogens with zero attached hydrogens (tertiary/aromatic N) is 1. The van der Waals surface area contributed by atoms with E-state index in [2.05, 4.69) is 10.2 Å². The minimum absolute atomic E-state index is 0. The van der Waals surface area contributed by atoms with Crippen LogP contribution in [0, 0.1) is 0 Å². The van der Waals surface area contributed by atoms with Gasteiger partial charge in [0.15, 0.2) is 5.69 Å². The van der Waals surface area contributed by atoms with Crippen molar-refractivity contribution >= 4 is 5.97 Å². The molecule has 1 aliphatic carbocycles. The van der Waals surface area contributed by atoms with E-state index < -0.39 is 0 Å². The summed E-state index contributed by atoms with van der Waals surface area (Å²) in [6, 6.07) is 1.64. The number of ether oxygens (including phenoxy) is 1. The van der Waals surface area contributed by atoms with E-state index >= 15 is 0 Å². The highest BCUT2D eigenvalue weighted by Crippen LogP contribution is 2.20. The summed E-state index contributed by atoms with van der Waals surface area (Å²) in [5, 5.41) is 6.41. The monoisotopic (exact) mass is 209 g/mol. The van der Waals surface area contributed by atoms with Crippen molar-refractivity contribution in [3.63, 3.8) is 0 Å². The molecule has 1 aromatic heterocycles. The lowest BCUT2D eigenvalue weighted by Crippen LogP contribution is -2.17. The van der Waals surface area contributed by atoms with Gasteiger partial charge >= 0.3 is 7.40 Å². The summed E-state index contributed by atoms with van der Waals surface area (Å²) in [7, 11) is 0. The van der Waals surface area contributed by atoms with Crippen molar-refractivity contribution < 1.29 is 11.0 Å². The molecule has 1 aromatic rings. The van der Waals surface area contributed by atoms with Crippen LogP contribution in [0.5, 0.6) is 0 Å². The van der Waals surface area contributed by atoms with Crippen molar-refractivity contribution in [3.8, 4) is 0 Å². The molecule has 0 bridgehead atoms. The summed E-state index contributed by atoms with van der Waals surface area (Å²) in [6.45, 7) is 0. The van der Waals surface area contributed by atoms with Crippen molar-refractivity contribution in [2.45, 2.75) is 44.6 Å². The molecule has 0 saturated heterocycles. The normalized spacial score (nSPS) is 18.4. The van der Waals surface area contributed by atoms with Crippen LogP contribution in [0.4, 0.5) is 0 Å². The largest absolute Gasteiger partial charge is 1.00 e. The van der Waals surface area contributed by atoms with Gasteiger partial charge in [0, 0.05) is 6.20 Å². The fraction of sp³-hybridized carbons (Fsp3) is 0.636. The summed E-state index contributed by atoms with van der Waals surface area (Å²) in [5.41, 5.74) is 0.374. The van der Waals surface area contributed by atoms with Crippen LogP contribution in [0.2, 0.25) is 0 Å². The molecule has 0 atom stereocenters. The van der Waals surface area contributed by atoms with Crippen molar-refractivity contribution in [1.29, 1.82) is 0 Å². The number of nitrogens with one attached hydrogen (secondary N) is 1. The topological polar surface area (TPSA) is 55.0 Å². The standard InChI is InChI=1S/C11H16N2O2/c14-11(10-7-8-12-13-10)15-9-5-3-1-2-4-6-9/h7-9H,1-6H2,(H,12,13)/p+1. The second-order valence-electron chi connectivity index (χ2n) is 3.98. The van der Waals surface area contributed by atoms with E-state index in [0.29, 0.717) is 5.69 Å². The highest BCUT2D eigenvalue weighted by Gasteiger charge is 2.18. The smallest absolute Gasteiger partial charge is 0.458 e. The number of hydrogen-bond donors (Lipinski definition) is 1. The second-order valence-corrected chi connectivity index (χ2v) is 3.98. The molecule has 0 aliphatic heterocycles. The van der Waals surface area contributed by atoms with Crippen LogP contribution in [0.3, 0.4) is 0 Å². The van der Waals surface area contributed by atoms with Gasteiger partial charge in [0.2, 0.25) is 0 Å². The fourth-order valence-corrected chi connectivity index (χ4v) is 1.95. The molecule has 1 N–H and O–H groups in total. The molecule has 82 valence electrons. The predicted octanol–water partition coefficient (Wildman–Crippen LogP) is 2.40. The zero-order chi connectivity index (χ0) is 10.5. The Morgan fingerprint density at radius 2 is 2.13 bits per heavy atom. The van der Waals surface area contributed by atoms with Gasteiger partial charge in [-0.1, -0.05) is 12.8 Å². The van der Waals surface area contributed by atoms with Gasteiger partial charge in [0.1, 0.15) is 6.10 Å². The summed E-state index contributed by atoms with van der Waals surface area (Å²) in [4.78, 5) is 11.6. The average molecular weight is 209 g/mol. The Morgan fingerprint density at radius 1 is 1.40 bits per heavy atom. The third-order valence-electron chi connectivity index (χ3n) is 2.79. The summed E-state index contributed by atoms with van der Waals surface area (Å²) < 4.78 is 5.39. The van der Waals surface area contributed by atoms with Crippen LogP contribution in [0.15, 0.2) is 12.3 Å². The minimum Gasteiger partial charge on any atom is -0.458 e. The lowest BCUT2D eigenvalue weighted by Gasteiger charge is -2.14. The van der Waals surface area contributed by atoms with Gasteiger partial charge in [-0.2, -0.15) is 5.10 Å². The molecule has 1 saturated carbocycles. The lowest BCUT2D eigenvalue weighted by molar-refractivity contribution is 0.0260. The molecule has 1 heterocycles. The van der Waals surface area contributed by atoms with Gasteiger partial charge in [-0.3, -0.25) is 5.10 Å². The Labute approximate surface area is 90.5 Å². The minimum atomic E-state index is -0.303. The number of aromatic nitrogens is 2. The maximum atomic E-state index is 11.6. The molecule has 1 fully saturated rings. The number of aromatic amines is 1. The van der Waals surface area contributed by atoms with Crippen LogP contribution >= 0.6 is 0 Å². The Hall–Kier alpha value is -1.32. The van der Waals surface area contributed by atoms with Gasteiger partial charge < -0.3 is 4.74 Å². The molecule has 0 amide bonds. The highest BCUT2D eigenvalue weighted by atomic mass is 16.5. The number of H-pyrrole nitrogens is 1. The second kappa shape index (κ2) is 4.96. The zero-order valence-electron chi connectivity index (χ0n) is 9.74. The van der Waals surface area contributed by atoms with Crippen LogP contribution < -0.4 is 0 Å². The van der Waals surface area contributed by atoms with E-state index in [1.807, 2.05) is 0 Å². The summed E-state index contributed by atoms with van der Waals surface area (Å²) in [6.07, 6.45) is 8.57. The van der Waals surface area contributed by atoms with E-state index in [9.17, 15) is 4.79 Å². The van der Waals surface area contributed by atoms with Gasteiger partial charge in [-0.05, 0) is 31.7 Å². The van der Waals surface area contributed by atoms with Crippen LogP contribution in [-0.2, 0) is 4.74 Å². The quantitative estimate of drug-likeness (QED) is 0.601. The molecule has 0 spiro atoms. The molecule has 4 heteroatoms. The molecule has 0 radical (unpaired) electrons. The molecule has 0 aromatic carbocycles. The number of carbonyl (C=O) groups is 1. The van der Waals surface area contributed by atoms with Gasteiger partial charge in [0.05, 0.1) is 0 Å². The number of esters is 1. The Bertz CT molecular complexity index is 306. The summed E-state index contributed by atoms with van der Waals surface area (Å²) in [5.74, 6) is -0.303. The summed E-state index contributed by atoms with van der Waals surface area (Å²) >= 11 is 0. The molecule has 15 heavy (non-hydrogen) atoms. The van der Waals surface area contributed by atoms with E-state index in [4.69, 9.17) is 4.74 Å². The molecule has 2 rings (SSSR count). The van der Waals surface area contributed by atoms with Crippen molar-refractivity contribution in [3.05, 3.63) is 18.0 Å². The third kappa shape index (κ3) is 2.81. The van der Waals surface area contributed by atoms with Crippen molar-refractivity contribution in [1.82, 2.24) is 10.2 Å². The Balaban J connectivity index is 0.00000128. The molecular weight excluding hydrogens is 192 g/mol. The van der Waals surface area contributed by atoms with E-state index in [-0.39, 0.29) is 13.5 Å². The number of carbonyl (C=O) groups excluding carboxylic acids is 1. The SMILES string of the molecule is O=C(OC1CCCCCC1)c1cc[nH]n1.[H+]. The maximum Gasteiger partial charge on any atom is 1.00 e. The van der Waals surface area contributed by atoms with Crippen LogP contribution in [0.25, 0.3) is 0 Å². The average Bonchev–Trinajstić information content (AvgIpc) is 2.65. The fourth-order valence-electron chi connectivity index (χ4n) is 1.95. The van der Waals surface area contributed by atoms with Gasteiger partial charge in [-0.25, -0.2) is 4.79 Å². The van der Waals surface area contributed by atoms with E-state index in [0.717, 1.165) is 12.8 Å². The van der Waals surface area contributed by atoms with Crippen molar-refractivity contribution in [2.75, 3.05) is 0 Å². The molecule has 4 nitrogen and oxygen atoms in total. The van der Waals surface area contributed by atoms with Crippen molar-refractivity contribution in [2.24, 2.45) is 0 Å². The first kappa shape index (κ1) is 10.2. The Morgan fingerprint density at radius 3 is 2.73 bits per heavy atom. The van der Waals surface area contributed by atoms with E-state index in [1.165, 1.54) is 25.7 Å². The molecule has 1 aliphatic rings. The first-order valence-electron chi connectivity index (χ1n) is 5.57. The lowest BCUT2D eigenvalue weighted by atomic mass is 10.1. The first-order valence-corrected chi connectivity index (χ1v) is 5.57. The zero-order valence-corrected chi connectivity index (χ0v) is 8.74. The molecular formula is C11H17N2O2+. The van der Waals surface area contributed by atoms with Crippen LogP contribution in [0.1, 0.15) is 50.4 Å². The molecule has 0 unspecified atom stereocenters. The number of rotatable bonds is 2. The van der Waals surface area contributed by atoms with E-state index in [1.54, 1.807) is 12.3 Å². The Kier molecular flexibility index (Phi) is 3.37.